The highest BCUT2D eigenvalue weighted by Gasteiger charge is 2.09. The predicted octanol–water partition coefficient (Wildman–Crippen LogP) is 0.886. The second-order valence-electron chi connectivity index (χ2n) is 3.23. The molecule has 3 heterocycles. The fraction of sp³-hybridized carbons (Fsp3) is 0. The Bertz CT molecular complexity index is 711. The molecule has 0 amide bonds. The Morgan fingerprint density at radius 1 is 1.20 bits per heavy atom. The zero-order valence-electron chi connectivity index (χ0n) is 7.66. The fourth-order valence-electron chi connectivity index (χ4n) is 1.70. The lowest BCUT2D eigenvalue weighted by Crippen LogP contribution is -2.20. The highest BCUT2D eigenvalue weighted by Crippen LogP contribution is 2.10. The van der Waals surface area contributed by atoms with Gasteiger partial charge in [0.25, 0.3) is 0 Å². The first-order valence-electron chi connectivity index (χ1n) is 4.45. The van der Waals surface area contributed by atoms with Gasteiger partial charge in [0.1, 0.15) is 11.0 Å². The summed E-state index contributed by atoms with van der Waals surface area (Å²) in [6, 6.07) is 6.70. The molecular formula is C10H7N3O2. The summed E-state index contributed by atoms with van der Waals surface area (Å²) < 4.78 is 2.28. The normalized spacial score (nSPS) is 11.2. The van der Waals surface area contributed by atoms with E-state index in [0.717, 1.165) is 0 Å². The van der Waals surface area contributed by atoms with Crippen LogP contribution in [-0.2, 0) is 0 Å². The summed E-state index contributed by atoms with van der Waals surface area (Å²) in [5, 5.41) is 9.63. The van der Waals surface area contributed by atoms with E-state index in [0.29, 0.717) is 21.4 Å². The van der Waals surface area contributed by atoms with E-state index >= 15 is 0 Å². The number of hydrogen-bond donors (Lipinski definition) is 1. The first-order chi connectivity index (χ1) is 7.29. The van der Waals surface area contributed by atoms with Crippen LogP contribution in [0.1, 0.15) is 0 Å². The third-order valence-corrected chi connectivity index (χ3v) is 2.38. The van der Waals surface area contributed by atoms with Gasteiger partial charge in [0.15, 0.2) is 5.65 Å². The van der Waals surface area contributed by atoms with Gasteiger partial charge in [-0.3, -0.25) is 9.20 Å². The van der Waals surface area contributed by atoms with Gasteiger partial charge < -0.3 is 5.21 Å². The minimum Gasteiger partial charge on any atom is -0.425 e. The fourth-order valence-corrected chi connectivity index (χ4v) is 1.70. The van der Waals surface area contributed by atoms with E-state index in [9.17, 15) is 10.0 Å². The molecule has 0 aliphatic carbocycles. The van der Waals surface area contributed by atoms with E-state index in [1.807, 2.05) is 0 Å². The molecule has 0 aromatic carbocycles. The van der Waals surface area contributed by atoms with E-state index in [1.165, 1.54) is 0 Å². The number of nitrogens with zero attached hydrogens (tertiary/aromatic N) is 3. The summed E-state index contributed by atoms with van der Waals surface area (Å²) in [6.45, 7) is 0. The molecular weight excluding hydrogens is 194 g/mol. The van der Waals surface area contributed by atoms with Crippen molar-refractivity contribution in [2.24, 2.45) is 0 Å². The van der Waals surface area contributed by atoms with E-state index in [1.54, 1.807) is 41.1 Å². The van der Waals surface area contributed by atoms with E-state index in [2.05, 4.69) is 4.98 Å². The van der Waals surface area contributed by atoms with Gasteiger partial charge >= 0.3 is 5.56 Å². The average molecular weight is 201 g/mol. The molecule has 15 heavy (non-hydrogen) atoms. The maximum Gasteiger partial charge on any atom is 0.307 e. The summed E-state index contributed by atoms with van der Waals surface area (Å²) in [4.78, 5) is 15.8. The topological polar surface area (TPSA) is 59.5 Å². The Balaban J connectivity index is 2.77. The minimum atomic E-state index is -0.444. The molecule has 1 N–H and O–H groups in total. The van der Waals surface area contributed by atoms with Crippen molar-refractivity contribution in [3.05, 3.63) is 47.0 Å². The Hall–Kier alpha value is -2.30. The Morgan fingerprint density at radius 3 is 2.87 bits per heavy atom. The molecule has 0 aliphatic rings. The van der Waals surface area contributed by atoms with Gasteiger partial charge in [-0.25, -0.2) is 4.98 Å². The third-order valence-electron chi connectivity index (χ3n) is 2.38. The molecule has 0 radical (unpaired) electrons. The van der Waals surface area contributed by atoms with Gasteiger partial charge in [-0.1, -0.05) is 0 Å². The predicted molar refractivity (Wildman–Crippen MR) is 54.1 cm³/mol. The molecule has 0 fully saturated rings. The van der Waals surface area contributed by atoms with Crippen LogP contribution in [0.4, 0.5) is 0 Å². The largest absolute Gasteiger partial charge is 0.425 e. The Morgan fingerprint density at radius 2 is 2.00 bits per heavy atom. The van der Waals surface area contributed by atoms with Gasteiger partial charge in [-0.15, -0.1) is 4.73 Å². The maximum absolute atomic E-state index is 11.7. The lowest BCUT2D eigenvalue weighted by atomic mass is 10.4. The van der Waals surface area contributed by atoms with Gasteiger partial charge in [0.05, 0.1) is 0 Å². The van der Waals surface area contributed by atoms with Crippen LogP contribution in [0.25, 0.3) is 16.7 Å². The van der Waals surface area contributed by atoms with Crippen LogP contribution in [0, 0.1) is 0 Å². The van der Waals surface area contributed by atoms with Crippen molar-refractivity contribution < 1.29 is 5.21 Å². The molecule has 3 aromatic rings. The zero-order valence-corrected chi connectivity index (χ0v) is 7.66. The maximum atomic E-state index is 11.7. The molecule has 0 spiro atoms. The molecule has 0 saturated carbocycles. The Labute approximate surface area is 83.8 Å². The van der Waals surface area contributed by atoms with Crippen LogP contribution in [-0.4, -0.2) is 19.3 Å². The Kier molecular flexibility index (Phi) is 1.39. The summed E-state index contributed by atoms with van der Waals surface area (Å²) in [5.74, 6) is 0. The number of hydrogen-bond acceptors (Lipinski definition) is 3. The van der Waals surface area contributed by atoms with Crippen LogP contribution >= 0.6 is 0 Å². The number of fused-ring (bicyclic) bond motifs is 3. The van der Waals surface area contributed by atoms with Gasteiger partial charge in [-0.05, 0) is 24.3 Å². The number of aromatic nitrogens is 3. The number of rotatable bonds is 0. The van der Waals surface area contributed by atoms with Crippen LogP contribution in [0.15, 0.2) is 41.5 Å². The van der Waals surface area contributed by atoms with E-state index in [4.69, 9.17) is 0 Å². The van der Waals surface area contributed by atoms with Crippen molar-refractivity contribution in [2.45, 2.75) is 0 Å². The molecule has 5 heteroatoms. The van der Waals surface area contributed by atoms with Gasteiger partial charge in [0, 0.05) is 12.4 Å². The van der Waals surface area contributed by atoms with E-state index in [-0.39, 0.29) is 0 Å². The monoisotopic (exact) mass is 201 g/mol. The van der Waals surface area contributed by atoms with Crippen molar-refractivity contribution in [1.29, 1.82) is 0 Å². The molecule has 3 aromatic heterocycles. The quantitative estimate of drug-likeness (QED) is 0.549. The first kappa shape index (κ1) is 8.05. The molecule has 74 valence electrons. The van der Waals surface area contributed by atoms with Crippen LogP contribution < -0.4 is 5.56 Å². The SMILES string of the molecule is O=c1c2cccn2c2ncccc2n1O. The smallest absolute Gasteiger partial charge is 0.307 e. The van der Waals surface area contributed by atoms with E-state index < -0.39 is 5.56 Å². The molecule has 0 saturated heterocycles. The molecule has 0 aliphatic heterocycles. The van der Waals surface area contributed by atoms with Gasteiger partial charge in [-0.2, -0.15) is 0 Å². The first-order valence-corrected chi connectivity index (χ1v) is 4.45. The van der Waals surface area contributed by atoms with Crippen molar-refractivity contribution in [3.8, 4) is 0 Å². The third kappa shape index (κ3) is 0.914. The molecule has 5 nitrogen and oxygen atoms in total. The second kappa shape index (κ2) is 2.60. The van der Waals surface area contributed by atoms with Crippen molar-refractivity contribution in [3.63, 3.8) is 0 Å². The van der Waals surface area contributed by atoms with Crippen molar-refractivity contribution >= 4 is 16.7 Å². The van der Waals surface area contributed by atoms with Crippen molar-refractivity contribution in [2.75, 3.05) is 0 Å². The standard InChI is InChI=1S/C10H7N3O2/c14-10-8-4-2-6-12(8)9-7(13(10)15)3-1-5-11-9/h1-6,15H. The lowest BCUT2D eigenvalue weighted by Gasteiger charge is -2.04. The van der Waals surface area contributed by atoms with Crippen LogP contribution in [0.5, 0.6) is 0 Å². The van der Waals surface area contributed by atoms with Gasteiger partial charge in [0.2, 0.25) is 0 Å². The average Bonchev–Trinajstić information content (AvgIpc) is 2.75. The molecule has 3 rings (SSSR count). The molecule has 0 bridgehead atoms. The lowest BCUT2D eigenvalue weighted by molar-refractivity contribution is 0.189. The highest BCUT2D eigenvalue weighted by atomic mass is 16.5. The summed E-state index contributed by atoms with van der Waals surface area (Å²) >= 11 is 0. The zero-order chi connectivity index (χ0) is 10.4. The second-order valence-corrected chi connectivity index (χ2v) is 3.23. The highest BCUT2D eigenvalue weighted by molar-refractivity contribution is 5.74. The summed E-state index contributed by atoms with van der Waals surface area (Å²) in [5.41, 5.74) is 0.912. The van der Waals surface area contributed by atoms with Crippen LogP contribution in [0.2, 0.25) is 0 Å². The summed E-state index contributed by atoms with van der Waals surface area (Å²) in [6.07, 6.45) is 3.36. The minimum absolute atomic E-state index is 0.395. The van der Waals surface area contributed by atoms with Crippen LogP contribution in [0.3, 0.4) is 0 Å². The molecule has 0 atom stereocenters. The van der Waals surface area contributed by atoms with Crippen molar-refractivity contribution in [1.82, 2.24) is 14.1 Å². The molecule has 0 unspecified atom stereocenters. The number of pyridine rings is 1. The summed E-state index contributed by atoms with van der Waals surface area (Å²) in [7, 11) is 0.